The van der Waals surface area contributed by atoms with Crippen LogP contribution in [0, 0.1) is 6.92 Å². The van der Waals surface area contributed by atoms with Crippen molar-refractivity contribution in [3.8, 4) is 0 Å². The largest absolute Gasteiger partial charge is 0.368 e. The van der Waals surface area contributed by atoms with E-state index in [2.05, 4.69) is 26.7 Å². The van der Waals surface area contributed by atoms with Gasteiger partial charge in [-0.1, -0.05) is 6.07 Å². The summed E-state index contributed by atoms with van der Waals surface area (Å²) < 4.78 is 1.79. The molecule has 1 atom stereocenters. The summed E-state index contributed by atoms with van der Waals surface area (Å²) >= 11 is 0. The van der Waals surface area contributed by atoms with Gasteiger partial charge in [-0.3, -0.25) is 19.6 Å². The Hall–Kier alpha value is -2.41. The van der Waals surface area contributed by atoms with E-state index in [9.17, 15) is 9.59 Å². The molecule has 0 bridgehead atoms. The number of aryl methyl sites for hydroxylation is 1. The maximum Gasteiger partial charge on any atom is 0.251 e. The highest BCUT2D eigenvalue weighted by molar-refractivity contribution is 6.01. The quantitative estimate of drug-likeness (QED) is 0.795. The number of fused-ring (bicyclic) bond motifs is 1. The number of hydrogen-bond acceptors (Lipinski definition) is 5. The summed E-state index contributed by atoms with van der Waals surface area (Å²) in [4.78, 5) is 26.0. The second-order valence-electron chi connectivity index (χ2n) is 6.41. The SMILES string of the molecule is Cc1nn(C2CCC(=O)NC2=O)c2cccc(N3CCNCC3)c12. The van der Waals surface area contributed by atoms with E-state index < -0.39 is 6.04 Å². The number of carbonyl (C=O) groups excluding carboxylic acids is 2. The fourth-order valence-electron chi connectivity index (χ4n) is 3.68. The molecule has 1 aromatic carbocycles. The molecule has 7 nitrogen and oxygen atoms in total. The average Bonchev–Trinajstić information content (AvgIpc) is 2.93. The van der Waals surface area contributed by atoms with Crippen molar-refractivity contribution in [1.29, 1.82) is 0 Å². The molecule has 2 amide bonds. The van der Waals surface area contributed by atoms with Gasteiger partial charge in [0.25, 0.3) is 5.91 Å². The Kier molecular flexibility index (Phi) is 3.72. The monoisotopic (exact) mass is 327 g/mol. The number of amides is 2. The molecule has 24 heavy (non-hydrogen) atoms. The van der Waals surface area contributed by atoms with Gasteiger partial charge in [0.05, 0.1) is 11.2 Å². The Morgan fingerprint density at radius 3 is 2.75 bits per heavy atom. The first-order valence-corrected chi connectivity index (χ1v) is 8.42. The number of imide groups is 1. The lowest BCUT2D eigenvalue weighted by Gasteiger charge is -2.30. The lowest BCUT2D eigenvalue weighted by atomic mass is 10.1. The molecule has 2 aromatic rings. The van der Waals surface area contributed by atoms with Crippen molar-refractivity contribution in [3.63, 3.8) is 0 Å². The van der Waals surface area contributed by atoms with Crippen molar-refractivity contribution in [2.45, 2.75) is 25.8 Å². The molecule has 0 spiro atoms. The zero-order chi connectivity index (χ0) is 16.7. The smallest absolute Gasteiger partial charge is 0.251 e. The number of aromatic nitrogens is 2. The molecule has 4 rings (SSSR count). The number of nitrogens with zero attached hydrogens (tertiary/aromatic N) is 3. The molecule has 2 fully saturated rings. The topological polar surface area (TPSA) is 79.3 Å². The van der Waals surface area contributed by atoms with Gasteiger partial charge in [0.2, 0.25) is 5.91 Å². The van der Waals surface area contributed by atoms with E-state index in [0.29, 0.717) is 12.8 Å². The number of rotatable bonds is 2. The van der Waals surface area contributed by atoms with E-state index in [0.717, 1.165) is 42.8 Å². The van der Waals surface area contributed by atoms with Crippen molar-refractivity contribution in [3.05, 3.63) is 23.9 Å². The third-order valence-electron chi connectivity index (χ3n) is 4.85. The number of piperidine rings is 1. The molecular formula is C17H21N5O2. The Balaban J connectivity index is 1.78. The average molecular weight is 327 g/mol. The van der Waals surface area contributed by atoms with Gasteiger partial charge in [-0.2, -0.15) is 5.10 Å². The summed E-state index contributed by atoms with van der Waals surface area (Å²) in [5, 5.41) is 11.5. The standard InChI is InChI=1S/C17H21N5O2/c1-11-16-12(21-9-7-18-8-10-21)3-2-4-13(16)22(20-11)14-5-6-15(23)19-17(14)24/h2-4,14,18H,5-10H2,1H3,(H,19,23,24). The van der Waals surface area contributed by atoms with E-state index in [1.807, 2.05) is 19.1 Å². The summed E-state index contributed by atoms with van der Waals surface area (Å²) in [7, 11) is 0. The normalized spacial score (nSPS) is 22.0. The van der Waals surface area contributed by atoms with Crippen molar-refractivity contribution in [2.24, 2.45) is 0 Å². The van der Waals surface area contributed by atoms with Gasteiger partial charge >= 0.3 is 0 Å². The highest BCUT2D eigenvalue weighted by Crippen LogP contribution is 2.32. The number of hydrogen-bond donors (Lipinski definition) is 2. The number of piperazine rings is 1. The maximum atomic E-state index is 12.2. The molecule has 0 aliphatic carbocycles. The minimum atomic E-state index is -0.419. The van der Waals surface area contributed by atoms with Crippen molar-refractivity contribution in [2.75, 3.05) is 31.1 Å². The van der Waals surface area contributed by atoms with Crippen LogP contribution >= 0.6 is 0 Å². The fourth-order valence-corrected chi connectivity index (χ4v) is 3.68. The molecule has 7 heteroatoms. The predicted octanol–water partition coefficient (Wildman–Crippen LogP) is 0.732. The Labute approximate surface area is 140 Å². The van der Waals surface area contributed by atoms with Crippen molar-refractivity contribution in [1.82, 2.24) is 20.4 Å². The highest BCUT2D eigenvalue weighted by Gasteiger charge is 2.30. The van der Waals surface area contributed by atoms with Crippen LogP contribution in [0.1, 0.15) is 24.6 Å². The van der Waals surface area contributed by atoms with Gasteiger partial charge in [0.15, 0.2) is 0 Å². The first-order valence-electron chi connectivity index (χ1n) is 8.42. The Morgan fingerprint density at radius 1 is 1.21 bits per heavy atom. The Morgan fingerprint density at radius 2 is 2.00 bits per heavy atom. The van der Waals surface area contributed by atoms with Crippen molar-refractivity contribution < 1.29 is 9.59 Å². The number of nitrogens with one attached hydrogen (secondary N) is 2. The molecule has 1 aromatic heterocycles. The fraction of sp³-hybridized carbons (Fsp3) is 0.471. The van der Waals surface area contributed by atoms with E-state index in [1.54, 1.807) is 4.68 Å². The van der Waals surface area contributed by atoms with Crippen LogP contribution in [0.25, 0.3) is 10.9 Å². The van der Waals surface area contributed by atoms with Crippen LogP contribution in [0.15, 0.2) is 18.2 Å². The molecule has 2 aliphatic heterocycles. The van der Waals surface area contributed by atoms with Crippen LogP contribution in [-0.2, 0) is 9.59 Å². The Bertz CT molecular complexity index is 807. The first kappa shape index (κ1) is 15.1. The molecule has 0 saturated carbocycles. The molecular weight excluding hydrogens is 306 g/mol. The van der Waals surface area contributed by atoms with Crippen LogP contribution in [0.3, 0.4) is 0 Å². The predicted molar refractivity (Wildman–Crippen MR) is 91.0 cm³/mol. The lowest BCUT2D eigenvalue weighted by Crippen LogP contribution is -2.43. The van der Waals surface area contributed by atoms with Crippen LogP contribution < -0.4 is 15.5 Å². The number of anilines is 1. The van der Waals surface area contributed by atoms with Gasteiger partial charge < -0.3 is 10.2 Å². The van der Waals surface area contributed by atoms with Crippen LogP contribution in [-0.4, -0.2) is 47.8 Å². The first-order chi connectivity index (χ1) is 11.6. The summed E-state index contributed by atoms with van der Waals surface area (Å²) in [5.41, 5.74) is 3.05. The third kappa shape index (κ3) is 2.45. The summed E-state index contributed by atoms with van der Waals surface area (Å²) in [6.45, 7) is 5.84. The van der Waals surface area contributed by atoms with E-state index in [1.165, 1.54) is 5.69 Å². The number of benzene rings is 1. The second kappa shape index (κ2) is 5.90. The molecule has 126 valence electrons. The summed E-state index contributed by atoms with van der Waals surface area (Å²) in [6, 6.07) is 5.72. The zero-order valence-electron chi connectivity index (χ0n) is 13.7. The van der Waals surface area contributed by atoms with Gasteiger partial charge in [-0.05, 0) is 25.5 Å². The summed E-state index contributed by atoms with van der Waals surface area (Å²) in [5.74, 6) is -0.464. The van der Waals surface area contributed by atoms with Gasteiger partial charge in [0, 0.05) is 43.7 Å². The minimum Gasteiger partial charge on any atom is -0.368 e. The van der Waals surface area contributed by atoms with Gasteiger partial charge in [-0.25, -0.2) is 0 Å². The van der Waals surface area contributed by atoms with Crippen LogP contribution in [0.2, 0.25) is 0 Å². The summed E-state index contributed by atoms with van der Waals surface area (Å²) in [6.07, 6.45) is 0.854. The molecule has 3 heterocycles. The molecule has 2 N–H and O–H groups in total. The zero-order valence-corrected chi connectivity index (χ0v) is 13.7. The molecule has 2 saturated heterocycles. The molecule has 0 radical (unpaired) electrons. The molecule has 2 aliphatic rings. The lowest BCUT2D eigenvalue weighted by molar-refractivity contribution is -0.135. The van der Waals surface area contributed by atoms with Crippen LogP contribution in [0.4, 0.5) is 5.69 Å². The van der Waals surface area contributed by atoms with Crippen LogP contribution in [0.5, 0.6) is 0 Å². The molecule has 1 unspecified atom stereocenters. The highest BCUT2D eigenvalue weighted by atomic mass is 16.2. The second-order valence-corrected chi connectivity index (χ2v) is 6.41. The van der Waals surface area contributed by atoms with Crippen molar-refractivity contribution >= 4 is 28.4 Å². The van der Waals surface area contributed by atoms with E-state index >= 15 is 0 Å². The number of carbonyl (C=O) groups is 2. The van der Waals surface area contributed by atoms with Gasteiger partial charge in [-0.15, -0.1) is 0 Å². The minimum absolute atomic E-state index is 0.203. The van der Waals surface area contributed by atoms with E-state index in [-0.39, 0.29) is 11.8 Å². The third-order valence-corrected chi connectivity index (χ3v) is 4.85. The van der Waals surface area contributed by atoms with E-state index in [4.69, 9.17) is 0 Å². The maximum absolute atomic E-state index is 12.2. The van der Waals surface area contributed by atoms with Gasteiger partial charge in [0.1, 0.15) is 6.04 Å².